The van der Waals surface area contributed by atoms with Gasteiger partial charge in [0.2, 0.25) is 5.56 Å². The molecule has 0 saturated heterocycles. The second-order valence-electron chi connectivity index (χ2n) is 4.77. The Bertz CT molecular complexity index is 637. The summed E-state index contributed by atoms with van der Waals surface area (Å²) in [7, 11) is 0. The fourth-order valence-electron chi connectivity index (χ4n) is 2.17. The smallest absolute Gasteiger partial charge is 0.251 e. The molecule has 0 fully saturated rings. The van der Waals surface area contributed by atoms with Crippen LogP contribution in [-0.4, -0.2) is 29.1 Å². The highest BCUT2D eigenvalue weighted by atomic mass is 16.3. The van der Waals surface area contributed by atoms with Gasteiger partial charge >= 0.3 is 0 Å². The molecule has 1 aromatic carbocycles. The number of benzene rings is 1. The Labute approximate surface area is 122 Å². The van der Waals surface area contributed by atoms with Crippen molar-refractivity contribution < 1.29 is 9.90 Å². The van der Waals surface area contributed by atoms with E-state index >= 15 is 0 Å². The van der Waals surface area contributed by atoms with Crippen LogP contribution >= 0.6 is 0 Å². The number of pyridine rings is 1. The number of carbonyl (C=O) groups is 1. The number of amides is 1. The van der Waals surface area contributed by atoms with E-state index in [0.29, 0.717) is 18.5 Å². The Balaban J connectivity index is 2.02. The molecule has 0 spiro atoms. The first-order valence-corrected chi connectivity index (χ1v) is 6.83. The van der Waals surface area contributed by atoms with Gasteiger partial charge in [-0.1, -0.05) is 30.3 Å². The lowest BCUT2D eigenvalue weighted by molar-refractivity contribution is 0.0949. The van der Waals surface area contributed by atoms with Crippen molar-refractivity contribution in [3.8, 4) is 0 Å². The minimum atomic E-state index is -0.308. The van der Waals surface area contributed by atoms with Gasteiger partial charge in [0.1, 0.15) is 0 Å². The summed E-state index contributed by atoms with van der Waals surface area (Å²) in [4.78, 5) is 25.7. The van der Waals surface area contributed by atoms with E-state index in [1.54, 1.807) is 6.07 Å². The maximum absolute atomic E-state index is 12.0. The van der Waals surface area contributed by atoms with E-state index in [0.717, 1.165) is 5.56 Å². The summed E-state index contributed by atoms with van der Waals surface area (Å²) in [5.74, 6) is -0.248. The van der Waals surface area contributed by atoms with Gasteiger partial charge in [-0.2, -0.15) is 0 Å². The molecule has 110 valence electrons. The van der Waals surface area contributed by atoms with Gasteiger partial charge in [-0.25, -0.2) is 0 Å². The summed E-state index contributed by atoms with van der Waals surface area (Å²) in [5, 5.41) is 12.0. The fraction of sp³-hybridized carbons (Fsp3) is 0.250. The Hall–Kier alpha value is -2.40. The largest absolute Gasteiger partial charge is 0.396 e. The van der Waals surface area contributed by atoms with Crippen LogP contribution in [0.15, 0.2) is 53.5 Å². The van der Waals surface area contributed by atoms with E-state index in [9.17, 15) is 9.59 Å². The predicted octanol–water partition coefficient (Wildman–Crippen LogP) is 1.27. The van der Waals surface area contributed by atoms with E-state index in [2.05, 4.69) is 10.3 Å². The number of nitrogens with one attached hydrogen (secondary N) is 2. The molecule has 1 amide bonds. The first-order chi connectivity index (χ1) is 10.2. The molecule has 1 atom stereocenters. The Morgan fingerprint density at radius 2 is 2.00 bits per heavy atom. The van der Waals surface area contributed by atoms with Crippen LogP contribution in [0.4, 0.5) is 0 Å². The van der Waals surface area contributed by atoms with E-state index in [4.69, 9.17) is 5.11 Å². The van der Waals surface area contributed by atoms with E-state index < -0.39 is 0 Å². The number of H-pyrrole nitrogens is 1. The second-order valence-corrected chi connectivity index (χ2v) is 4.77. The van der Waals surface area contributed by atoms with Crippen molar-refractivity contribution in [2.75, 3.05) is 13.2 Å². The lowest BCUT2D eigenvalue weighted by atomic mass is 9.96. The number of aromatic amines is 1. The van der Waals surface area contributed by atoms with Crippen molar-refractivity contribution in [1.29, 1.82) is 0 Å². The van der Waals surface area contributed by atoms with Crippen molar-refractivity contribution in [2.24, 2.45) is 0 Å². The third-order valence-corrected chi connectivity index (χ3v) is 3.29. The zero-order chi connectivity index (χ0) is 15.1. The van der Waals surface area contributed by atoms with Gasteiger partial charge in [0, 0.05) is 36.9 Å². The van der Waals surface area contributed by atoms with Crippen molar-refractivity contribution in [3.63, 3.8) is 0 Å². The molecular weight excluding hydrogens is 268 g/mol. The van der Waals surface area contributed by atoms with Crippen LogP contribution in [-0.2, 0) is 0 Å². The molecule has 0 aliphatic carbocycles. The first kappa shape index (κ1) is 15.0. The monoisotopic (exact) mass is 286 g/mol. The van der Waals surface area contributed by atoms with Crippen LogP contribution in [0.5, 0.6) is 0 Å². The van der Waals surface area contributed by atoms with E-state index in [1.165, 1.54) is 12.3 Å². The summed E-state index contributed by atoms with van der Waals surface area (Å²) in [6.45, 7) is 0.469. The standard InChI is InChI=1S/C16H18N2O3/c19-9-7-14(12-4-2-1-3-5-12)11-18-16(21)13-6-8-17-15(20)10-13/h1-6,8,10,14,19H,7,9,11H2,(H,17,20)(H,18,21). The predicted molar refractivity (Wildman–Crippen MR) is 80.3 cm³/mol. The number of hydrogen-bond donors (Lipinski definition) is 3. The Morgan fingerprint density at radius 1 is 1.24 bits per heavy atom. The number of rotatable bonds is 6. The van der Waals surface area contributed by atoms with Crippen LogP contribution in [0.1, 0.15) is 28.3 Å². The number of aliphatic hydroxyl groups is 1. The molecule has 2 rings (SSSR count). The summed E-state index contributed by atoms with van der Waals surface area (Å²) >= 11 is 0. The van der Waals surface area contributed by atoms with E-state index in [1.807, 2.05) is 30.3 Å². The molecule has 2 aromatic rings. The highest BCUT2D eigenvalue weighted by Crippen LogP contribution is 2.18. The zero-order valence-electron chi connectivity index (χ0n) is 11.6. The molecule has 21 heavy (non-hydrogen) atoms. The van der Waals surface area contributed by atoms with Gasteiger partial charge in [-0.05, 0) is 18.1 Å². The average molecular weight is 286 g/mol. The van der Waals surface area contributed by atoms with E-state index in [-0.39, 0.29) is 24.0 Å². The van der Waals surface area contributed by atoms with Gasteiger partial charge in [-0.3, -0.25) is 9.59 Å². The number of hydrogen-bond acceptors (Lipinski definition) is 3. The molecule has 3 N–H and O–H groups in total. The van der Waals surface area contributed by atoms with Gasteiger partial charge in [0.25, 0.3) is 5.91 Å². The van der Waals surface area contributed by atoms with Crippen molar-refractivity contribution in [3.05, 3.63) is 70.1 Å². The number of carbonyl (C=O) groups excluding carboxylic acids is 1. The molecule has 1 unspecified atom stereocenters. The fourth-order valence-corrected chi connectivity index (χ4v) is 2.17. The quantitative estimate of drug-likeness (QED) is 0.748. The minimum absolute atomic E-state index is 0.0437. The topological polar surface area (TPSA) is 82.2 Å². The molecule has 0 radical (unpaired) electrons. The SMILES string of the molecule is O=C(NCC(CCO)c1ccccc1)c1cc[nH]c(=O)c1. The third-order valence-electron chi connectivity index (χ3n) is 3.29. The molecule has 1 heterocycles. The van der Waals surface area contributed by atoms with Crippen molar-refractivity contribution in [2.45, 2.75) is 12.3 Å². The first-order valence-electron chi connectivity index (χ1n) is 6.83. The number of aliphatic hydroxyl groups excluding tert-OH is 1. The van der Waals surface area contributed by atoms with Gasteiger partial charge < -0.3 is 15.4 Å². The second kappa shape index (κ2) is 7.40. The van der Waals surface area contributed by atoms with Crippen LogP contribution in [0, 0.1) is 0 Å². The maximum Gasteiger partial charge on any atom is 0.251 e. The van der Waals surface area contributed by atoms with Crippen molar-refractivity contribution in [1.82, 2.24) is 10.3 Å². The average Bonchev–Trinajstić information content (AvgIpc) is 2.52. The van der Waals surface area contributed by atoms with Gasteiger partial charge in [-0.15, -0.1) is 0 Å². The lowest BCUT2D eigenvalue weighted by Gasteiger charge is -2.17. The van der Waals surface area contributed by atoms with Crippen LogP contribution < -0.4 is 10.9 Å². The summed E-state index contributed by atoms with van der Waals surface area (Å²) < 4.78 is 0. The highest BCUT2D eigenvalue weighted by molar-refractivity contribution is 5.93. The van der Waals surface area contributed by atoms with Gasteiger partial charge in [0.05, 0.1) is 0 Å². The number of aromatic nitrogens is 1. The molecular formula is C16H18N2O3. The third kappa shape index (κ3) is 4.29. The molecule has 0 aliphatic rings. The lowest BCUT2D eigenvalue weighted by Crippen LogP contribution is -2.29. The molecule has 0 aliphatic heterocycles. The van der Waals surface area contributed by atoms with Crippen molar-refractivity contribution >= 4 is 5.91 Å². The minimum Gasteiger partial charge on any atom is -0.396 e. The summed E-state index contributed by atoms with van der Waals surface area (Å²) in [5.41, 5.74) is 1.09. The maximum atomic E-state index is 12.0. The Kier molecular flexibility index (Phi) is 5.29. The van der Waals surface area contributed by atoms with Crippen LogP contribution in [0.2, 0.25) is 0 Å². The molecule has 5 nitrogen and oxygen atoms in total. The molecule has 0 saturated carbocycles. The summed E-state index contributed by atoms with van der Waals surface area (Å²) in [6.07, 6.45) is 2.01. The molecule has 0 bridgehead atoms. The molecule has 5 heteroatoms. The van der Waals surface area contributed by atoms with Crippen LogP contribution in [0.25, 0.3) is 0 Å². The summed E-state index contributed by atoms with van der Waals surface area (Å²) in [6, 6.07) is 12.5. The molecule has 1 aromatic heterocycles. The normalized spacial score (nSPS) is 11.9. The zero-order valence-corrected chi connectivity index (χ0v) is 11.6. The Morgan fingerprint density at radius 3 is 2.67 bits per heavy atom. The van der Waals surface area contributed by atoms with Gasteiger partial charge in [0.15, 0.2) is 0 Å². The van der Waals surface area contributed by atoms with Crippen LogP contribution in [0.3, 0.4) is 0 Å². The highest BCUT2D eigenvalue weighted by Gasteiger charge is 2.13.